The van der Waals surface area contributed by atoms with Crippen LogP contribution in [0.4, 0.5) is 28.4 Å². The van der Waals surface area contributed by atoms with Crippen molar-refractivity contribution in [1.29, 1.82) is 0 Å². The second kappa shape index (κ2) is 25.6. The third kappa shape index (κ3) is 17.7. The smallest absolute Gasteiger partial charge is 0.747 e. The van der Waals surface area contributed by atoms with Gasteiger partial charge >= 0.3 is 118 Å². The molecule has 4 rings (SSSR count). The Balaban J connectivity index is -0.00000285. The first kappa shape index (κ1) is 61.8. The van der Waals surface area contributed by atoms with Gasteiger partial charge in [0.15, 0.2) is 9.84 Å². The van der Waals surface area contributed by atoms with Crippen LogP contribution in [-0.4, -0.2) is 87.9 Å². The van der Waals surface area contributed by atoms with Crippen molar-refractivity contribution < 1.29 is 207 Å². The molecule has 0 amide bonds. The van der Waals surface area contributed by atoms with Crippen LogP contribution < -0.4 is 133 Å². The van der Waals surface area contributed by atoms with Crippen molar-refractivity contribution >= 4 is 79.7 Å². The van der Waals surface area contributed by atoms with Gasteiger partial charge in [0.25, 0.3) is 0 Å². The molecular weight excluding hydrogens is 946 g/mol. The summed E-state index contributed by atoms with van der Waals surface area (Å²) in [6.07, 6.45) is 0. The monoisotopic (exact) mass is 971 g/mol. The average molecular weight is 972 g/mol. The van der Waals surface area contributed by atoms with Crippen LogP contribution in [0.3, 0.4) is 0 Å². The van der Waals surface area contributed by atoms with Crippen LogP contribution in [-0.2, 0) is 57.5 Å². The van der Waals surface area contributed by atoms with E-state index >= 15 is 0 Å². The number of fused-ring (bicyclic) bond motifs is 1. The molecule has 0 saturated carbocycles. The number of sulfone groups is 1. The zero-order valence-corrected chi connectivity index (χ0v) is 43.7. The number of aryl methyl sites for hydroxylation is 1. The Morgan fingerprint density at radius 3 is 1.83 bits per heavy atom. The first-order chi connectivity index (χ1) is 24.4. The fourth-order valence-electron chi connectivity index (χ4n) is 4.31. The average Bonchev–Trinajstić information content (AvgIpc) is 3.05. The topological polar surface area (TPSA) is 346 Å². The van der Waals surface area contributed by atoms with E-state index in [1.807, 2.05) is 0 Å². The zero-order chi connectivity index (χ0) is 40.1. The molecule has 299 valence electrons. The summed E-state index contributed by atoms with van der Waals surface area (Å²) in [6, 6.07) is 10.8. The van der Waals surface area contributed by atoms with Crippen LogP contribution >= 0.6 is 0 Å². The molecule has 30 heteroatoms. The maximum Gasteiger partial charge on any atom is 1.00 e. The van der Waals surface area contributed by atoms with Crippen molar-refractivity contribution in [3.05, 3.63) is 61.0 Å². The third-order valence-corrected chi connectivity index (χ3v) is 9.62. The fourth-order valence-corrected chi connectivity index (χ4v) is 6.34. The molecule has 21 nitrogen and oxygen atoms in total. The van der Waals surface area contributed by atoms with E-state index in [1.165, 1.54) is 38.3 Å². The number of hydrogen-bond acceptors (Lipinski definition) is 20. The number of phenolic OH excluding ortho intramolecular Hbond substituents is 2. The number of nitrogens with zero attached hydrogens (tertiary/aromatic N) is 4. The molecule has 1 radical (unpaired) electrons. The zero-order valence-electron chi connectivity index (χ0n) is 31.5. The Morgan fingerprint density at radius 1 is 0.776 bits per heavy atom. The van der Waals surface area contributed by atoms with Gasteiger partial charge in [0.2, 0.25) is 10.4 Å². The van der Waals surface area contributed by atoms with Gasteiger partial charge in [-0.2, -0.15) is 22.4 Å². The Labute approximate surface area is 432 Å². The number of methoxy groups -OCH3 is 2. The molecule has 0 atom stereocenters. The molecule has 0 aliphatic rings. The molecule has 0 aliphatic carbocycles. The van der Waals surface area contributed by atoms with E-state index in [0.717, 1.165) is 25.3 Å². The van der Waals surface area contributed by atoms with Crippen molar-refractivity contribution in [1.82, 2.24) is 0 Å². The van der Waals surface area contributed by atoms with Crippen LogP contribution in [0.5, 0.6) is 23.0 Å². The van der Waals surface area contributed by atoms with Gasteiger partial charge in [0, 0.05) is 46.7 Å². The number of benzene rings is 4. The molecule has 0 fully saturated rings. The molecule has 0 aliphatic heterocycles. The second-order valence-electron chi connectivity index (χ2n) is 10.2. The second-order valence-corrected chi connectivity index (χ2v) is 15.9. The summed E-state index contributed by atoms with van der Waals surface area (Å²) in [5.74, 6) is -3.04. The third-order valence-electron chi connectivity index (χ3n) is 6.61. The number of ether oxygens (including phenoxy) is 2. The molecule has 0 aromatic heterocycles. The number of rotatable bonds is 12. The summed E-state index contributed by atoms with van der Waals surface area (Å²) in [6.45, 7) is 4.87. The van der Waals surface area contributed by atoms with Crippen molar-refractivity contribution in [3.8, 4) is 23.0 Å². The van der Waals surface area contributed by atoms with E-state index in [-0.39, 0.29) is 196 Å². The molecule has 0 unspecified atom stereocenters. The van der Waals surface area contributed by atoms with Crippen LogP contribution in [0.2, 0.25) is 0 Å². The number of hydrogen-bond donors (Lipinski definition) is 4. The first-order valence-corrected chi connectivity index (χ1v) is 19.9. The van der Waals surface area contributed by atoms with E-state index in [9.17, 15) is 44.6 Å². The van der Waals surface area contributed by atoms with Crippen molar-refractivity contribution in [3.63, 3.8) is 0 Å². The van der Waals surface area contributed by atoms with E-state index in [2.05, 4.69) is 38.8 Å². The fraction of sp³-hybridized carbons (Fsp3) is 0.179. The van der Waals surface area contributed by atoms with Crippen molar-refractivity contribution in [2.45, 2.75) is 16.7 Å². The van der Waals surface area contributed by atoms with Gasteiger partial charge in [-0.05, 0) is 24.6 Å². The van der Waals surface area contributed by atoms with Crippen LogP contribution in [0, 0.1) is 19.9 Å². The Morgan fingerprint density at radius 2 is 1.33 bits per heavy atom. The predicted octanol–water partition coefficient (Wildman–Crippen LogP) is -8.35. The largest absolute Gasteiger partial charge is 1.00 e. The molecular formula is C28H26CuN5Na4O16S4-. The Kier molecular flexibility index (Phi) is 27.2. The van der Waals surface area contributed by atoms with E-state index < -0.39 is 68.5 Å². The minimum atomic E-state index is -4.98. The molecule has 0 spiro atoms. The minimum Gasteiger partial charge on any atom is -0.747 e. The summed E-state index contributed by atoms with van der Waals surface area (Å²) < 4.78 is 137. The van der Waals surface area contributed by atoms with Gasteiger partial charge in [-0.15, -0.1) is 10.2 Å². The molecule has 4 aromatic rings. The molecule has 0 bridgehead atoms. The number of azo groups is 2. The van der Waals surface area contributed by atoms with Crippen LogP contribution in [0.1, 0.15) is 5.56 Å². The predicted molar refractivity (Wildman–Crippen MR) is 181 cm³/mol. The standard InChI is InChI=1S/C28H27N5O12S3.Cu.4Na.H2O4S/c1-5-46(36,37)25-12-22(34)20(10-15(25)2)31-30-19-9-6-16-17(28(19)35)7-8-18(29-14-47(38,39)40)27(16)33-32-21-11-24(45-4)26(48(41,42)43)13-23(21)44-3;;;;;;1-5(2,3)4/h6-8,10-13,29,34-35H,1,5,14H2,2-4H3,(H,38,39,40)(H,41,42,43);;;;;;(H2,1,2,3,4)/q-2;;4*+1;/p-3. The summed E-state index contributed by atoms with van der Waals surface area (Å²) >= 11 is 0. The molecule has 58 heavy (non-hydrogen) atoms. The van der Waals surface area contributed by atoms with Crippen molar-refractivity contribution in [2.75, 3.05) is 31.2 Å². The van der Waals surface area contributed by atoms with Gasteiger partial charge in [-0.25, -0.2) is 33.7 Å². The van der Waals surface area contributed by atoms with Gasteiger partial charge in [0.1, 0.15) is 59.6 Å². The summed E-state index contributed by atoms with van der Waals surface area (Å²) in [4.78, 5) is -0.856. The van der Waals surface area contributed by atoms with Gasteiger partial charge in [-0.3, -0.25) is 4.55 Å². The summed E-state index contributed by atoms with van der Waals surface area (Å²) in [5.41, 5.74) is -0.342. The normalized spacial score (nSPS) is 11.4. The van der Waals surface area contributed by atoms with Gasteiger partial charge < -0.3 is 45.6 Å². The van der Waals surface area contributed by atoms with E-state index in [4.69, 9.17) is 27.0 Å². The first-order valence-electron chi connectivity index (χ1n) is 13.9. The molecule has 4 aromatic carbocycles. The van der Waals surface area contributed by atoms with Gasteiger partial charge in [-0.1, -0.05) is 22.6 Å². The minimum absolute atomic E-state index is 0. The Hall–Kier alpha value is -0.501. The number of nitrogens with one attached hydrogen (secondary N) is 1. The maximum absolute atomic E-state index is 12.2. The van der Waals surface area contributed by atoms with Crippen LogP contribution in [0.15, 0.2) is 72.7 Å². The van der Waals surface area contributed by atoms with E-state index in [1.54, 1.807) is 0 Å². The summed E-state index contributed by atoms with van der Waals surface area (Å²) in [7, 11) is -16.1. The quantitative estimate of drug-likeness (QED) is 0.0337. The number of anilines is 1. The maximum atomic E-state index is 12.2. The molecule has 4 N–H and O–H groups in total. The molecule has 0 heterocycles. The Bertz CT molecular complexity index is 2580. The number of phenols is 2. The van der Waals surface area contributed by atoms with Gasteiger partial charge in [0.05, 0.1) is 30.5 Å². The SMILES string of the molecule is O=S(=O)([O-])O.[CH2-]CS(=O)(=O)c1cc(O)c(N=Nc2[c-]cc3c(N=Nc4cc(OC)c(S(=O)(=O)[O-])cc4OC)c(NCS(=O)(=O)[O-])ccc3c2O)cc1C.[Cu].[Na+].[Na+].[Na+].[Na+]. The van der Waals surface area contributed by atoms with Crippen molar-refractivity contribution in [2.24, 2.45) is 20.5 Å². The van der Waals surface area contributed by atoms with Crippen LogP contribution in [0.25, 0.3) is 10.8 Å². The number of aromatic hydroxyl groups is 2. The molecule has 0 saturated heterocycles. The van der Waals surface area contributed by atoms with E-state index in [0.29, 0.717) is 0 Å². The summed E-state index contributed by atoms with van der Waals surface area (Å²) in [5, 5.41) is 40.1.